The van der Waals surface area contributed by atoms with Crippen LogP contribution in [0.1, 0.15) is 22.7 Å². The van der Waals surface area contributed by atoms with Gasteiger partial charge in [-0.2, -0.15) is 0 Å². The van der Waals surface area contributed by atoms with Gasteiger partial charge in [0.25, 0.3) is 10.0 Å². The van der Waals surface area contributed by atoms with Crippen molar-refractivity contribution in [2.75, 3.05) is 10.8 Å². The average molecular weight is 549 g/mol. The molecule has 0 saturated heterocycles. The predicted octanol–water partition coefficient (Wildman–Crippen LogP) is 5.86. The van der Waals surface area contributed by atoms with Crippen molar-refractivity contribution in [2.24, 2.45) is 0 Å². The number of hydrogen-bond acceptors (Lipinski definition) is 3. The van der Waals surface area contributed by atoms with Crippen molar-refractivity contribution in [2.45, 2.75) is 17.9 Å². The van der Waals surface area contributed by atoms with Crippen LogP contribution in [0.5, 0.6) is 0 Å². The Hall–Kier alpha value is -3.42. The van der Waals surface area contributed by atoms with Crippen LogP contribution < -0.4 is 9.62 Å². The van der Waals surface area contributed by atoms with E-state index >= 15 is 0 Å². The van der Waals surface area contributed by atoms with Crippen molar-refractivity contribution in [3.05, 3.63) is 130 Å². The number of nitrogens with zero attached hydrogens (tertiary/aromatic N) is 1. The highest BCUT2D eigenvalue weighted by Gasteiger charge is 2.28. The molecule has 5 nitrogen and oxygen atoms in total. The van der Waals surface area contributed by atoms with E-state index in [2.05, 4.69) is 21.2 Å². The third kappa shape index (κ3) is 5.99. The maximum Gasteiger partial charge on any atom is 0.264 e. The molecular formula is C28H25BrN2O3S. The second-order valence-corrected chi connectivity index (χ2v) is 10.9. The third-order valence-electron chi connectivity index (χ3n) is 5.56. The molecule has 0 atom stereocenters. The summed E-state index contributed by atoms with van der Waals surface area (Å²) in [4.78, 5) is 13.5. The molecule has 0 aliphatic rings. The molecule has 1 amide bonds. The summed E-state index contributed by atoms with van der Waals surface area (Å²) >= 11 is 3.41. The molecule has 0 fully saturated rings. The fraction of sp³-hybridized carbons (Fsp3) is 0.107. The Bertz CT molecular complexity index is 1350. The first kappa shape index (κ1) is 24.7. The van der Waals surface area contributed by atoms with Crippen LogP contribution in [-0.4, -0.2) is 20.9 Å². The van der Waals surface area contributed by atoms with Crippen molar-refractivity contribution in [3.63, 3.8) is 0 Å². The number of carbonyl (C=O) groups is 1. The zero-order valence-electron chi connectivity index (χ0n) is 19.1. The minimum atomic E-state index is -4.00. The van der Waals surface area contributed by atoms with Crippen LogP contribution in [0.2, 0.25) is 0 Å². The van der Waals surface area contributed by atoms with Crippen LogP contribution in [-0.2, 0) is 14.8 Å². The summed E-state index contributed by atoms with van der Waals surface area (Å²) in [7, 11) is -4.00. The smallest absolute Gasteiger partial charge is 0.264 e. The summed E-state index contributed by atoms with van der Waals surface area (Å²) < 4.78 is 29.2. The molecule has 35 heavy (non-hydrogen) atoms. The van der Waals surface area contributed by atoms with Crippen molar-refractivity contribution in [1.82, 2.24) is 5.32 Å². The monoisotopic (exact) mass is 548 g/mol. The molecule has 0 aliphatic carbocycles. The Kier molecular flexibility index (Phi) is 7.68. The van der Waals surface area contributed by atoms with Crippen molar-refractivity contribution >= 4 is 37.5 Å². The molecule has 4 rings (SSSR count). The highest BCUT2D eigenvalue weighted by molar-refractivity contribution is 9.10. The number of amides is 1. The maximum atomic E-state index is 13.6. The largest absolute Gasteiger partial charge is 0.344 e. The Morgan fingerprint density at radius 3 is 1.94 bits per heavy atom. The Morgan fingerprint density at radius 1 is 0.829 bits per heavy atom. The molecule has 0 aromatic heterocycles. The predicted molar refractivity (Wildman–Crippen MR) is 143 cm³/mol. The van der Waals surface area contributed by atoms with Crippen molar-refractivity contribution in [1.29, 1.82) is 0 Å². The van der Waals surface area contributed by atoms with Gasteiger partial charge in [0.05, 0.1) is 16.6 Å². The Morgan fingerprint density at radius 2 is 1.40 bits per heavy atom. The molecule has 0 heterocycles. The lowest BCUT2D eigenvalue weighted by molar-refractivity contribution is -0.120. The standard InChI is InChI=1S/C28H25BrN2O3S/c1-21-15-17-26(18-16-21)35(33,34)31(25-14-8-13-24(29)19-25)20-27(32)30-28(22-9-4-2-5-10-22)23-11-6-3-7-12-23/h2-19,28H,20H2,1H3,(H,30,32). The topological polar surface area (TPSA) is 66.5 Å². The highest BCUT2D eigenvalue weighted by Crippen LogP contribution is 2.27. The van der Waals surface area contributed by atoms with E-state index in [0.29, 0.717) is 10.2 Å². The first-order valence-corrected chi connectivity index (χ1v) is 13.3. The Labute approximate surface area is 214 Å². The number of benzene rings is 4. The molecule has 178 valence electrons. The second-order valence-electron chi connectivity index (χ2n) is 8.13. The van der Waals surface area contributed by atoms with E-state index in [9.17, 15) is 13.2 Å². The van der Waals surface area contributed by atoms with Crippen LogP contribution in [0.3, 0.4) is 0 Å². The lowest BCUT2D eigenvalue weighted by Crippen LogP contribution is -2.42. The molecule has 0 aliphatic heterocycles. The van der Waals surface area contributed by atoms with Gasteiger partial charge >= 0.3 is 0 Å². The summed E-state index contributed by atoms with van der Waals surface area (Å²) in [5.74, 6) is -0.418. The zero-order chi connectivity index (χ0) is 24.8. The summed E-state index contributed by atoms with van der Waals surface area (Å²) in [5, 5.41) is 3.04. The third-order valence-corrected chi connectivity index (χ3v) is 7.84. The van der Waals surface area contributed by atoms with E-state index in [0.717, 1.165) is 21.0 Å². The molecule has 1 N–H and O–H groups in total. The number of aryl methyl sites for hydroxylation is 1. The molecule has 0 bridgehead atoms. The van der Waals surface area contributed by atoms with E-state index in [-0.39, 0.29) is 11.4 Å². The minimum Gasteiger partial charge on any atom is -0.344 e. The molecule has 4 aromatic carbocycles. The van der Waals surface area contributed by atoms with Gasteiger partial charge in [0.1, 0.15) is 6.54 Å². The summed E-state index contributed by atoms with van der Waals surface area (Å²) in [5.41, 5.74) is 3.15. The van der Waals surface area contributed by atoms with Gasteiger partial charge in [-0.1, -0.05) is 100 Å². The van der Waals surface area contributed by atoms with Crippen molar-refractivity contribution < 1.29 is 13.2 Å². The zero-order valence-corrected chi connectivity index (χ0v) is 21.5. The summed E-state index contributed by atoms with van der Waals surface area (Å²) in [6.45, 7) is 1.52. The van der Waals surface area contributed by atoms with Gasteiger partial charge in [-0.3, -0.25) is 9.10 Å². The van der Waals surface area contributed by atoms with Crippen LogP contribution in [0.25, 0.3) is 0 Å². The lowest BCUT2D eigenvalue weighted by Gasteiger charge is -2.26. The number of sulfonamides is 1. The van der Waals surface area contributed by atoms with Crippen LogP contribution >= 0.6 is 15.9 Å². The molecule has 4 aromatic rings. The lowest BCUT2D eigenvalue weighted by atomic mass is 9.99. The van der Waals surface area contributed by atoms with Crippen LogP contribution in [0, 0.1) is 6.92 Å². The van der Waals surface area contributed by atoms with Crippen LogP contribution in [0.4, 0.5) is 5.69 Å². The maximum absolute atomic E-state index is 13.6. The van der Waals surface area contributed by atoms with Crippen molar-refractivity contribution in [3.8, 4) is 0 Å². The Balaban J connectivity index is 1.68. The SMILES string of the molecule is Cc1ccc(S(=O)(=O)N(CC(=O)NC(c2ccccc2)c2ccccc2)c2cccc(Br)c2)cc1. The van der Waals surface area contributed by atoms with Crippen LogP contribution in [0.15, 0.2) is 119 Å². The van der Waals surface area contributed by atoms with Gasteiger partial charge in [-0.15, -0.1) is 0 Å². The fourth-order valence-corrected chi connectivity index (χ4v) is 5.57. The second kappa shape index (κ2) is 10.9. The quantitative estimate of drug-likeness (QED) is 0.300. The van der Waals surface area contributed by atoms with E-state index in [1.807, 2.05) is 67.6 Å². The fourth-order valence-electron chi connectivity index (χ4n) is 3.77. The van der Waals surface area contributed by atoms with Gasteiger partial charge in [0.15, 0.2) is 0 Å². The number of nitrogens with one attached hydrogen (secondary N) is 1. The van der Waals surface area contributed by atoms with E-state index in [1.165, 1.54) is 0 Å². The average Bonchev–Trinajstić information content (AvgIpc) is 2.87. The van der Waals surface area contributed by atoms with Gasteiger partial charge in [0, 0.05) is 4.47 Å². The summed E-state index contributed by atoms with van der Waals surface area (Å²) in [6, 6.07) is 32.3. The molecule has 0 unspecified atom stereocenters. The van der Waals surface area contributed by atoms with Gasteiger partial charge in [-0.05, 0) is 48.4 Å². The first-order chi connectivity index (χ1) is 16.8. The van der Waals surface area contributed by atoms with E-state index < -0.39 is 22.0 Å². The van der Waals surface area contributed by atoms with Gasteiger partial charge in [-0.25, -0.2) is 8.42 Å². The normalized spacial score (nSPS) is 11.3. The molecular weight excluding hydrogens is 524 g/mol. The van der Waals surface area contributed by atoms with E-state index in [1.54, 1.807) is 48.5 Å². The number of halogens is 1. The molecule has 0 radical (unpaired) electrons. The van der Waals surface area contributed by atoms with Gasteiger partial charge < -0.3 is 5.32 Å². The first-order valence-electron chi connectivity index (χ1n) is 11.1. The highest BCUT2D eigenvalue weighted by atomic mass is 79.9. The number of rotatable bonds is 8. The van der Waals surface area contributed by atoms with Gasteiger partial charge in [0.2, 0.25) is 5.91 Å². The summed E-state index contributed by atoms with van der Waals surface area (Å²) in [6.07, 6.45) is 0. The molecule has 0 spiro atoms. The molecule has 7 heteroatoms. The van der Waals surface area contributed by atoms with E-state index in [4.69, 9.17) is 0 Å². The molecule has 0 saturated carbocycles. The minimum absolute atomic E-state index is 0.124. The number of hydrogen-bond donors (Lipinski definition) is 1. The number of carbonyl (C=O) groups excluding carboxylic acids is 1. The number of anilines is 1.